The zero-order valence-electron chi connectivity index (χ0n) is 13.7. The summed E-state index contributed by atoms with van der Waals surface area (Å²) in [6.07, 6.45) is 0. The number of likely N-dealkylation sites (N-methyl/N-ethyl adjacent to an activating group) is 1. The number of carbonyl (C=O) groups is 1. The molecule has 124 valence electrons. The highest BCUT2D eigenvalue weighted by Crippen LogP contribution is 2.27. The Balaban J connectivity index is 2.19. The number of rotatable bonds is 5. The van der Waals surface area contributed by atoms with E-state index in [1.165, 1.54) is 0 Å². The molecular weight excluding hydrogens is 335 g/mol. The number of hydrogen-bond acceptors (Lipinski definition) is 3. The highest BCUT2D eigenvalue weighted by molar-refractivity contribution is 6.42. The minimum atomic E-state index is -0.302. The normalized spacial score (nSPS) is 12.3. The number of amides is 1. The number of benzene rings is 1. The van der Waals surface area contributed by atoms with Crippen molar-refractivity contribution in [3.63, 3.8) is 0 Å². The van der Waals surface area contributed by atoms with E-state index < -0.39 is 0 Å². The summed E-state index contributed by atoms with van der Waals surface area (Å²) in [5.41, 5.74) is 2.57. The number of halogens is 2. The summed E-state index contributed by atoms with van der Waals surface area (Å²) in [6, 6.07) is 5.42. The van der Waals surface area contributed by atoms with Gasteiger partial charge >= 0.3 is 0 Å². The second-order valence-electron chi connectivity index (χ2n) is 5.56. The van der Waals surface area contributed by atoms with Crippen molar-refractivity contribution >= 4 is 29.1 Å². The maximum atomic E-state index is 12.8. The molecule has 2 aromatic rings. The van der Waals surface area contributed by atoms with Crippen LogP contribution in [0, 0.1) is 13.8 Å². The fourth-order valence-electron chi connectivity index (χ4n) is 2.71. The third-order valence-corrected chi connectivity index (χ3v) is 4.68. The maximum absolute atomic E-state index is 12.8. The van der Waals surface area contributed by atoms with Gasteiger partial charge in [-0.25, -0.2) is 0 Å². The molecule has 0 saturated heterocycles. The van der Waals surface area contributed by atoms with E-state index in [1.54, 1.807) is 17.0 Å². The van der Waals surface area contributed by atoms with Gasteiger partial charge in [0.15, 0.2) is 0 Å². The average molecular weight is 355 g/mol. The van der Waals surface area contributed by atoms with E-state index in [-0.39, 0.29) is 11.8 Å². The predicted molar refractivity (Wildman–Crippen MR) is 91.9 cm³/mol. The van der Waals surface area contributed by atoms with Gasteiger partial charge in [0, 0.05) is 18.7 Å². The van der Waals surface area contributed by atoms with Crippen LogP contribution in [0.1, 0.15) is 42.3 Å². The van der Waals surface area contributed by atoms with Crippen LogP contribution >= 0.6 is 23.2 Å². The Morgan fingerprint density at radius 3 is 2.52 bits per heavy atom. The minimum absolute atomic E-state index is 0.0352. The summed E-state index contributed by atoms with van der Waals surface area (Å²) in [5, 5.41) is 4.93. The van der Waals surface area contributed by atoms with E-state index in [1.807, 2.05) is 33.8 Å². The topological polar surface area (TPSA) is 46.3 Å². The van der Waals surface area contributed by atoms with Crippen LogP contribution in [-0.2, 0) is 11.3 Å². The molecule has 2 rings (SSSR count). The van der Waals surface area contributed by atoms with Crippen molar-refractivity contribution in [3.8, 4) is 0 Å². The van der Waals surface area contributed by atoms with Crippen molar-refractivity contribution < 1.29 is 9.32 Å². The summed E-state index contributed by atoms with van der Waals surface area (Å²) < 4.78 is 5.17. The van der Waals surface area contributed by atoms with Crippen LogP contribution in [0.25, 0.3) is 0 Å². The lowest BCUT2D eigenvalue weighted by Crippen LogP contribution is -2.34. The molecule has 0 aliphatic rings. The number of hydrogen-bond donors (Lipinski definition) is 0. The SMILES string of the molecule is CCN(Cc1ccc(Cl)c(Cl)c1)C(=O)C(C)c1c(C)noc1C. The fraction of sp³-hybridized carbons (Fsp3) is 0.412. The smallest absolute Gasteiger partial charge is 0.230 e. The van der Waals surface area contributed by atoms with Crippen molar-refractivity contribution in [2.45, 2.75) is 40.2 Å². The summed E-state index contributed by atoms with van der Waals surface area (Å²) >= 11 is 12.0. The summed E-state index contributed by atoms with van der Waals surface area (Å²) in [7, 11) is 0. The maximum Gasteiger partial charge on any atom is 0.230 e. The first kappa shape index (κ1) is 17.8. The largest absolute Gasteiger partial charge is 0.361 e. The van der Waals surface area contributed by atoms with Gasteiger partial charge in [-0.05, 0) is 45.4 Å². The van der Waals surface area contributed by atoms with E-state index in [4.69, 9.17) is 27.7 Å². The summed E-state index contributed by atoms with van der Waals surface area (Å²) in [6.45, 7) is 8.60. The molecule has 0 bridgehead atoms. The third-order valence-electron chi connectivity index (χ3n) is 3.94. The second kappa shape index (κ2) is 7.37. The Hall–Kier alpha value is -1.52. The van der Waals surface area contributed by atoms with Gasteiger partial charge < -0.3 is 9.42 Å². The second-order valence-corrected chi connectivity index (χ2v) is 6.37. The van der Waals surface area contributed by atoms with Crippen LogP contribution < -0.4 is 0 Å². The monoisotopic (exact) mass is 354 g/mol. The quantitative estimate of drug-likeness (QED) is 0.778. The van der Waals surface area contributed by atoms with Crippen LogP contribution in [0.4, 0.5) is 0 Å². The Kier molecular flexibility index (Phi) is 5.71. The highest BCUT2D eigenvalue weighted by atomic mass is 35.5. The Morgan fingerprint density at radius 2 is 2.00 bits per heavy atom. The van der Waals surface area contributed by atoms with Crippen molar-refractivity contribution in [3.05, 3.63) is 50.8 Å². The Labute approximate surface area is 146 Å². The summed E-state index contributed by atoms with van der Waals surface area (Å²) in [4.78, 5) is 14.6. The van der Waals surface area contributed by atoms with Gasteiger partial charge in [0.25, 0.3) is 0 Å². The zero-order chi connectivity index (χ0) is 17.1. The highest BCUT2D eigenvalue weighted by Gasteiger charge is 2.26. The first-order chi connectivity index (χ1) is 10.8. The van der Waals surface area contributed by atoms with Gasteiger partial charge in [-0.1, -0.05) is 34.4 Å². The molecular formula is C17H20Cl2N2O2. The Bertz CT molecular complexity index is 693. The fourth-order valence-corrected chi connectivity index (χ4v) is 3.03. The van der Waals surface area contributed by atoms with E-state index in [2.05, 4.69) is 5.16 Å². The van der Waals surface area contributed by atoms with Crippen LogP contribution in [0.5, 0.6) is 0 Å². The Morgan fingerprint density at radius 1 is 1.30 bits per heavy atom. The molecule has 1 amide bonds. The molecule has 1 aromatic carbocycles. The van der Waals surface area contributed by atoms with Gasteiger partial charge in [-0.2, -0.15) is 0 Å². The van der Waals surface area contributed by atoms with Crippen LogP contribution in [0.3, 0.4) is 0 Å². The lowest BCUT2D eigenvalue weighted by atomic mass is 9.97. The molecule has 1 atom stereocenters. The number of aromatic nitrogens is 1. The molecule has 0 radical (unpaired) electrons. The predicted octanol–water partition coefficient (Wildman–Crippen LogP) is 4.75. The first-order valence-electron chi connectivity index (χ1n) is 7.50. The lowest BCUT2D eigenvalue weighted by molar-refractivity contribution is -0.132. The molecule has 0 aliphatic carbocycles. The van der Waals surface area contributed by atoms with Crippen LogP contribution in [0.2, 0.25) is 10.0 Å². The molecule has 0 spiro atoms. The molecule has 0 aliphatic heterocycles. The van der Waals surface area contributed by atoms with Gasteiger partial charge in [0.05, 0.1) is 21.7 Å². The lowest BCUT2D eigenvalue weighted by Gasteiger charge is -2.25. The van der Waals surface area contributed by atoms with Crippen molar-refractivity contribution in [2.24, 2.45) is 0 Å². The number of aryl methyl sites for hydroxylation is 2. The molecule has 0 fully saturated rings. The standard InChI is InChI=1S/C17H20Cl2N2O2/c1-5-21(9-13-6-7-14(18)15(19)8-13)17(22)10(2)16-11(3)20-23-12(16)4/h6-8,10H,5,9H2,1-4H3. The molecule has 1 heterocycles. The summed E-state index contributed by atoms with van der Waals surface area (Å²) in [5.74, 6) is 0.422. The molecule has 1 unspecified atom stereocenters. The molecule has 4 nitrogen and oxygen atoms in total. The van der Waals surface area contributed by atoms with Crippen molar-refractivity contribution in [1.82, 2.24) is 10.1 Å². The zero-order valence-corrected chi connectivity index (χ0v) is 15.2. The third kappa shape index (κ3) is 3.88. The van der Waals surface area contributed by atoms with Gasteiger partial charge in [-0.3, -0.25) is 4.79 Å². The average Bonchev–Trinajstić information content (AvgIpc) is 2.86. The van der Waals surface area contributed by atoms with Crippen LogP contribution in [-0.4, -0.2) is 22.5 Å². The minimum Gasteiger partial charge on any atom is -0.361 e. The van der Waals surface area contributed by atoms with E-state index in [0.29, 0.717) is 28.9 Å². The molecule has 6 heteroatoms. The molecule has 1 aromatic heterocycles. The van der Waals surface area contributed by atoms with Gasteiger partial charge in [-0.15, -0.1) is 0 Å². The van der Waals surface area contributed by atoms with Crippen LogP contribution in [0.15, 0.2) is 22.7 Å². The first-order valence-corrected chi connectivity index (χ1v) is 8.26. The van der Waals surface area contributed by atoms with E-state index in [9.17, 15) is 4.79 Å². The van der Waals surface area contributed by atoms with E-state index >= 15 is 0 Å². The number of nitrogens with zero attached hydrogens (tertiary/aromatic N) is 2. The van der Waals surface area contributed by atoms with Gasteiger partial charge in [0.1, 0.15) is 5.76 Å². The van der Waals surface area contributed by atoms with Crippen molar-refractivity contribution in [1.29, 1.82) is 0 Å². The molecule has 0 saturated carbocycles. The molecule has 23 heavy (non-hydrogen) atoms. The molecule has 0 N–H and O–H groups in total. The van der Waals surface area contributed by atoms with Gasteiger partial charge in [0.2, 0.25) is 5.91 Å². The number of carbonyl (C=O) groups excluding carboxylic acids is 1. The van der Waals surface area contributed by atoms with E-state index in [0.717, 1.165) is 16.8 Å². The van der Waals surface area contributed by atoms with Crippen molar-refractivity contribution in [2.75, 3.05) is 6.54 Å².